The van der Waals surface area contributed by atoms with E-state index in [1.807, 2.05) is 17.3 Å². The molecular formula is C13H19N3O. The van der Waals surface area contributed by atoms with E-state index in [2.05, 4.69) is 11.1 Å². The highest BCUT2D eigenvalue weighted by atomic mass is 16.2. The summed E-state index contributed by atoms with van der Waals surface area (Å²) in [5, 5.41) is 0. The van der Waals surface area contributed by atoms with Gasteiger partial charge in [-0.3, -0.25) is 9.78 Å². The maximum absolute atomic E-state index is 11.3. The molecule has 1 aliphatic heterocycles. The minimum atomic E-state index is 0.178. The zero-order valence-electron chi connectivity index (χ0n) is 10.2. The molecule has 92 valence electrons. The van der Waals surface area contributed by atoms with Crippen molar-refractivity contribution in [3.8, 4) is 0 Å². The second-order valence-electron chi connectivity index (χ2n) is 4.56. The Kier molecular flexibility index (Phi) is 3.74. The van der Waals surface area contributed by atoms with E-state index in [-0.39, 0.29) is 5.91 Å². The molecule has 1 aliphatic rings. The molecule has 0 atom stereocenters. The highest BCUT2D eigenvalue weighted by Crippen LogP contribution is 2.29. The van der Waals surface area contributed by atoms with Crippen molar-refractivity contribution in [1.82, 2.24) is 9.88 Å². The van der Waals surface area contributed by atoms with Crippen LogP contribution in [0.5, 0.6) is 0 Å². The molecule has 0 aliphatic carbocycles. The molecule has 2 rings (SSSR count). The standard InChI is InChI=1S/C13H19N3O/c1-10(17)16-6-3-11(4-7-16)13-2-5-15-9-12(13)8-14/h2,5,9,11H,3-4,6-8,14H2,1H3. The number of hydrogen-bond acceptors (Lipinski definition) is 3. The molecular weight excluding hydrogens is 214 g/mol. The van der Waals surface area contributed by atoms with Gasteiger partial charge in [-0.1, -0.05) is 0 Å². The third-order valence-corrected chi connectivity index (χ3v) is 3.54. The van der Waals surface area contributed by atoms with E-state index in [0.717, 1.165) is 31.5 Å². The van der Waals surface area contributed by atoms with Crippen molar-refractivity contribution in [2.24, 2.45) is 5.73 Å². The number of nitrogens with two attached hydrogens (primary N) is 1. The number of nitrogens with zero attached hydrogens (tertiary/aromatic N) is 2. The van der Waals surface area contributed by atoms with E-state index in [1.54, 1.807) is 6.92 Å². The molecule has 4 nitrogen and oxygen atoms in total. The number of pyridine rings is 1. The SMILES string of the molecule is CC(=O)N1CCC(c2ccncc2CN)CC1. The van der Waals surface area contributed by atoms with Crippen LogP contribution < -0.4 is 5.73 Å². The van der Waals surface area contributed by atoms with Gasteiger partial charge in [-0.15, -0.1) is 0 Å². The van der Waals surface area contributed by atoms with Gasteiger partial charge in [-0.05, 0) is 36.0 Å². The van der Waals surface area contributed by atoms with Crippen molar-refractivity contribution in [3.63, 3.8) is 0 Å². The van der Waals surface area contributed by atoms with Crippen molar-refractivity contribution in [2.75, 3.05) is 13.1 Å². The van der Waals surface area contributed by atoms with E-state index < -0.39 is 0 Å². The number of carbonyl (C=O) groups excluding carboxylic acids is 1. The highest BCUT2D eigenvalue weighted by molar-refractivity contribution is 5.73. The summed E-state index contributed by atoms with van der Waals surface area (Å²) in [6, 6.07) is 2.07. The second-order valence-corrected chi connectivity index (χ2v) is 4.56. The summed E-state index contributed by atoms with van der Waals surface area (Å²) in [4.78, 5) is 17.3. The number of likely N-dealkylation sites (tertiary alicyclic amines) is 1. The van der Waals surface area contributed by atoms with Crippen LogP contribution in [0.2, 0.25) is 0 Å². The molecule has 0 radical (unpaired) electrons. The van der Waals surface area contributed by atoms with Gasteiger partial charge < -0.3 is 10.6 Å². The van der Waals surface area contributed by atoms with Gasteiger partial charge in [0.1, 0.15) is 0 Å². The summed E-state index contributed by atoms with van der Waals surface area (Å²) in [6.07, 6.45) is 5.73. The fourth-order valence-corrected chi connectivity index (χ4v) is 2.51. The van der Waals surface area contributed by atoms with Gasteiger partial charge in [0.25, 0.3) is 0 Å². The Bertz CT molecular complexity index is 397. The topological polar surface area (TPSA) is 59.2 Å². The monoisotopic (exact) mass is 233 g/mol. The van der Waals surface area contributed by atoms with E-state index in [9.17, 15) is 4.79 Å². The molecule has 1 aromatic heterocycles. The van der Waals surface area contributed by atoms with Crippen LogP contribution in [0.4, 0.5) is 0 Å². The lowest BCUT2D eigenvalue weighted by Gasteiger charge is -2.32. The predicted octanol–water partition coefficient (Wildman–Crippen LogP) is 1.27. The summed E-state index contributed by atoms with van der Waals surface area (Å²) in [5.41, 5.74) is 8.17. The largest absolute Gasteiger partial charge is 0.343 e. The molecule has 1 amide bonds. The minimum absolute atomic E-state index is 0.178. The molecule has 1 aromatic rings. The van der Waals surface area contributed by atoms with Crippen molar-refractivity contribution >= 4 is 5.91 Å². The number of hydrogen-bond donors (Lipinski definition) is 1. The van der Waals surface area contributed by atoms with Crippen molar-refractivity contribution in [3.05, 3.63) is 29.6 Å². The summed E-state index contributed by atoms with van der Waals surface area (Å²) in [5.74, 6) is 0.698. The Morgan fingerprint density at radius 2 is 2.24 bits per heavy atom. The molecule has 0 spiro atoms. The molecule has 17 heavy (non-hydrogen) atoms. The van der Waals surface area contributed by atoms with Gasteiger partial charge in [0.05, 0.1) is 0 Å². The van der Waals surface area contributed by atoms with Gasteiger partial charge in [0.15, 0.2) is 0 Å². The molecule has 0 unspecified atom stereocenters. The third-order valence-electron chi connectivity index (χ3n) is 3.54. The van der Waals surface area contributed by atoms with Gasteiger partial charge in [-0.25, -0.2) is 0 Å². The summed E-state index contributed by atoms with van der Waals surface area (Å²) in [6.45, 7) is 3.88. The average molecular weight is 233 g/mol. The second kappa shape index (κ2) is 5.27. The van der Waals surface area contributed by atoms with E-state index in [4.69, 9.17) is 5.73 Å². The number of piperidine rings is 1. The predicted molar refractivity (Wildman–Crippen MR) is 66.4 cm³/mol. The first-order valence-electron chi connectivity index (χ1n) is 6.10. The number of aromatic nitrogens is 1. The van der Waals surface area contributed by atoms with Gasteiger partial charge >= 0.3 is 0 Å². The number of rotatable bonds is 2. The van der Waals surface area contributed by atoms with E-state index in [0.29, 0.717) is 12.5 Å². The van der Waals surface area contributed by atoms with Crippen molar-refractivity contribution in [1.29, 1.82) is 0 Å². The minimum Gasteiger partial charge on any atom is -0.343 e. The fourth-order valence-electron chi connectivity index (χ4n) is 2.51. The van der Waals surface area contributed by atoms with Crippen LogP contribution in [-0.4, -0.2) is 28.9 Å². The molecule has 0 saturated carbocycles. The molecule has 0 bridgehead atoms. The van der Waals surface area contributed by atoms with Crippen molar-refractivity contribution < 1.29 is 4.79 Å². The normalized spacial score (nSPS) is 17.2. The van der Waals surface area contributed by atoms with Crippen LogP contribution in [-0.2, 0) is 11.3 Å². The fraction of sp³-hybridized carbons (Fsp3) is 0.538. The molecule has 2 heterocycles. The quantitative estimate of drug-likeness (QED) is 0.836. The molecule has 0 aromatic carbocycles. The maximum atomic E-state index is 11.3. The van der Waals surface area contributed by atoms with Crippen LogP contribution >= 0.6 is 0 Å². The van der Waals surface area contributed by atoms with Crippen LogP contribution in [0.25, 0.3) is 0 Å². The number of carbonyl (C=O) groups is 1. The first-order chi connectivity index (χ1) is 8.22. The lowest BCUT2D eigenvalue weighted by atomic mass is 9.87. The first kappa shape index (κ1) is 12.0. The van der Waals surface area contributed by atoms with E-state index in [1.165, 1.54) is 5.56 Å². The Hall–Kier alpha value is -1.42. The zero-order chi connectivity index (χ0) is 12.3. The van der Waals surface area contributed by atoms with Gasteiger partial charge in [0, 0.05) is 39.0 Å². The van der Waals surface area contributed by atoms with Crippen LogP contribution in [0.3, 0.4) is 0 Å². The highest BCUT2D eigenvalue weighted by Gasteiger charge is 2.23. The number of amides is 1. The Labute approximate surface area is 102 Å². The smallest absolute Gasteiger partial charge is 0.219 e. The van der Waals surface area contributed by atoms with Gasteiger partial charge in [-0.2, -0.15) is 0 Å². The van der Waals surface area contributed by atoms with Crippen LogP contribution in [0.1, 0.15) is 36.8 Å². The first-order valence-corrected chi connectivity index (χ1v) is 6.10. The van der Waals surface area contributed by atoms with Crippen LogP contribution in [0.15, 0.2) is 18.5 Å². The molecule has 1 saturated heterocycles. The molecule has 1 fully saturated rings. The van der Waals surface area contributed by atoms with Crippen LogP contribution in [0, 0.1) is 0 Å². The molecule has 2 N–H and O–H groups in total. The lowest BCUT2D eigenvalue weighted by molar-refractivity contribution is -0.129. The molecule has 4 heteroatoms. The third kappa shape index (κ3) is 2.64. The Morgan fingerprint density at radius 3 is 2.82 bits per heavy atom. The summed E-state index contributed by atoms with van der Waals surface area (Å²) in [7, 11) is 0. The Balaban J connectivity index is 2.07. The average Bonchev–Trinajstić information content (AvgIpc) is 2.39. The van der Waals surface area contributed by atoms with Gasteiger partial charge in [0.2, 0.25) is 5.91 Å². The lowest BCUT2D eigenvalue weighted by Crippen LogP contribution is -2.36. The Morgan fingerprint density at radius 1 is 1.53 bits per heavy atom. The summed E-state index contributed by atoms with van der Waals surface area (Å²) < 4.78 is 0. The summed E-state index contributed by atoms with van der Waals surface area (Å²) >= 11 is 0. The van der Waals surface area contributed by atoms with Crippen molar-refractivity contribution in [2.45, 2.75) is 32.2 Å². The van der Waals surface area contributed by atoms with E-state index >= 15 is 0 Å². The maximum Gasteiger partial charge on any atom is 0.219 e. The zero-order valence-corrected chi connectivity index (χ0v) is 10.2.